The van der Waals surface area contributed by atoms with Gasteiger partial charge in [-0.15, -0.1) is 0 Å². The fourth-order valence-electron chi connectivity index (χ4n) is 3.54. The van der Waals surface area contributed by atoms with Crippen LogP contribution in [0.4, 0.5) is 4.79 Å². The molecule has 0 aromatic heterocycles. The Labute approximate surface area is 207 Å². The number of rotatable bonds is 8. The minimum Gasteiger partial charge on any atom is -0.480 e. The smallest absolute Gasteiger partial charge is 0.326 e. The predicted octanol–water partition coefficient (Wildman–Crippen LogP) is 0.901. The lowest BCUT2D eigenvalue weighted by Gasteiger charge is -2.28. The molecule has 0 saturated carbocycles. The first-order valence-electron chi connectivity index (χ1n) is 12.2. The molecule has 0 radical (unpaired) electrons. The van der Waals surface area contributed by atoms with Crippen molar-refractivity contribution in [2.45, 2.75) is 85.0 Å². The molecule has 0 spiro atoms. The molecule has 5 amide bonds. The summed E-state index contributed by atoms with van der Waals surface area (Å²) < 4.78 is 0. The number of aliphatic carboxylic acids is 1. The number of carbonyl (C=O) groups is 5. The molecule has 1 aliphatic rings. The molecule has 6 N–H and O–H groups in total. The fraction of sp³-hybridized carbons (Fsp3) is 0.708. The van der Waals surface area contributed by atoms with E-state index >= 15 is 0 Å². The molecule has 35 heavy (non-hydrogen) atoms. The van der Waals surface area contributed by atoms with Crippen molar-refractivity contribution < 1.29 is 29.1 Å². The molecule has 11 nitrogen and oxygen atoms in total. The van der Waals surface area contributed by atoms with Gasteiger partial charge in [-0.05, 0) is 37.0 Å². The van der Waals surface area contributed by atoms with Gasteiger partial charge in [0.25, 0.3) is 0 Å². The van der Waals surface area contributed by atoms with E-state index in [1.807, 2.05) is 13.8 Å². The number of nitrogens with one attached hydrogen (secondary N) is 5. The molecule has 0 saturated heterocycles. The Balaban J connectivity index is 2.97. The number of urea groups is 1. The maximum atomic E-state index is 13.1. The van der Waals surface area contributed by atoms with Crippen molar-refractivity contribution in [3.8, 4) is 0 Å². The summed E-state index contributed by atoms with van der Waals surface area (Å²) in [6, 6.07) is -4.10. The highest BCUT2D eigenvalue weighted by atomic mass is 16.4. The summed E-state index contributed by atoms with van der Waals surface area (Å²) in [5.74, 6) is -2.96. The Kier molecular flexibility index (Phi) is 12.2. The van der Waals surface area contributed by atoms with Gasteiger partial charge in [-0.3, -0.25) is 14.4 Å². The second kappa shape index (κ2) is 14.3. The predicted molar refractivity (Wildman–Crippen MR) is 131 cm³/mol. The number of carboxylic acids is 1. The highest BCUT2D eigenvalue weighted by Gasteiger charge is 2.31. The zero-order valence-corrected chi connectivity index (χ0v) is 21.5. The quantitative estimate of drug-likeness (QED) is 0.293. The van der Waals surface area contributed by atoms with Crippen molar-refractivity contribution in [3.63, 3.8) is 0 Å². The topological polar surface area (TPSA) is 166 Å². The highest BCUT2D eigenvalue weighted by Crippen LogP contribution is 2.10. The Hall–Kier alpha value is -3.11. The first kappa shape index (κ1) is 29.9. The minimum atomic E-state index is -1.17. The monoisotopic (exact) mass is 495 g/mol. The lowest BCUT2D eigenvalue weighted by molar-refractivity contribution is -0.140. The van der Waals surface area contributed by atoms with Crippen LogP contribution >= 0.6 is 0 Å². The number of amides is 5. The van der Waals surface area contributed by atoms with Crippen LogP contribution in [0.5, 0.6) is 0 Å². The van der Waals surface area contributed by atoms with Gasteiger partial charge in [-0.25, -0.2) is 9.59 Å². The molecule has 1 aliphatic heterocycles. The van der Waals surface area contributed by atoms with Gasteiger partial charge in [0.2, 0.25) is 17.7 Å². The van der Waals surface area contributed by atoms with Crippen molar-refractivity contribution in [2.24, 2.45) is 17.8 Å². The third kappa shape index (κ3) is 10.4. The second-order valence-corrected chi connectivity index (χ2v) is 9.88. The zero-order chi connectivity index (χ0) is 26.7. The van der Waals surface area contributed by atoms with Crippen LogP contribution in [0, 0.1) is 17.8 Å². The summed E-state index contributed by atoms with van der Waals surface area (Å²) in [6.07, 6.45) is 4.61. The number of carbonyl (C=O) groups excluding carboxylic acids is 4. The first-order chi connectivity index (χ1) is 16.3. The van der Waals surface area contributed by atoms with Crippen LogP contribution in [0.25, 0.3) is 0 Å². The van der Waals surface area contributed by atoms with E-state index in [0.717, 1.165) is 0 Å². The van der Waals surface area contributed by atoms with Crippen molar-refractivity contribution >= 4 is 29.7 Å². The number of carboxylic acid groups (broad SMARTS) is 1. The molecule has 0 bridgehead atoms. The van der Waals surface area contributed by atoms with Crippen molar-refractivity contribution in [1.82, 2.24) is 26.6 Å². The lowest BCUT2D eigenvalue weighted by Crippen LogP contribution is -2.59. The van der Waals surface area contributed by atoms with Gasteiger partial charge in [-0.2, -0.15) is 0 Å². The molecule has 4 atom stereocenters. The van der Waals surface area contributed by atoms with Crippen LogP contribution in [0.1, 0.15) is 60.8 Å². The van der Waals surface area contributed by atoms with Gasteiger partial charge in [0.1, 0.15) is 18.1 Å². The number of hydrogen-bond donors (Lipinski definition) is 6. The van der Waals surface area contributed by atoms with E-state index in [1.165, 1.54) is 6.08 Å². The van der Waals surface area contributed by atoms with Crippen LogP contribution in [-0.4, -0.2) is 65.5 Å². The van der Waals surface area contributed by atoms with E-state index in [9.17, 15) is 29.1 Å². The van der Waals surface area contributed by atoms with Gasteiger partial charge < -0.3 is 31.7 Å². The summed E-state index contributed by atoms with van der Waals surface area (Å²) in [5, 5.41) is 22.7. The van der Waals surface area contributed by atoms with Gasteiger partial charge >= 0.3 is 12.0 Å². The molecule has 0 aliphatic carbocycles. The Morgan fingerprint density at radius 2 is 1.57 bits per heavy atom. The summed E-state index contributed by atoms with van der Waals surface area (Å²) in [6.45, 7) is 11.1. The minimum absolute atomic E-state index is 0.0132. The summed E-state index contributed by atoms with van der Waals surface area (Å²) >= 11 is 0. The Morgan fingerprint density at radius 3 is 2.11 bits per heavy atom. The SMILES string of the molecule is CC(C)[C@H](NC(=O)N[C@H](C(=O)N[C@H]1CCCCNC(=O)C=C[C@H](C(C)C)NC1=O)C(C)C)C(=O)O. The lowest BCUT2D eigenvalue weighted by atomic mass is 10.00. The largest absolute Gasteiger partial charge is 0.480 e. The molecular formula is C24H41N5O6. The molecular weight excluding hydrogens is 454 g/mol. The summed E-state index contributed by atoms with van der Waals surface area (Å²) in [5.41, 5.74) is 0. The van der Waals surface area contributed by atoms with E-state index in [2.05, 4.69) is 26.6 Å². The Bertz CT molecular complexity index is 795. The molecule has 0 aromatic rings. The number of hydrogen-bond acceptors (Lipinski definition) is 5. The van der Waals surface area contributed by atoms with Gasteiger partial charge in [0.15, 0.2) is 0 Å². The zero-order valence-electron chi connectivity index (χ0n) is 21.5. The van der Waals surface area contributed by atoms with Crippen LogP contribution in [0.3, 0.4) is 0 Å². The van der Waals surface area contributed by atoms with Crippen LogP contribution in [-0.2, 0) is 19.2 Å². The molecule has 198 valence electrons. The summed E-state index contributed by atoms with van der Waals surface area (Å²) in [7, 11) is 0. The van der Waals surface area contributed by atoms with Gasteiger partial charge in [0.05, 0.1) is 0 Å². The van der Waals surface area contributed by atoms with Gasteiger partial charge in [-0.1, -0.05) is 47.6 Å². The van der Waals surface area contributed by atoms with Crippen LogP contribution < -0.4 is 26.6 Å². The third-order valence-corrected chi connectivity index (χ3v) is 5.79. The van der Waals surface area contributed by atoms with E-state index in [-0.39, 0.29) is 29.6 Å². The maximum absolute atomic E-state index is 13.1. The fourth-order valence-corrected chi connectivity index (χ4v) is 3.54. The van der Waals surface area contributed by atoms with E-state index < -0.39 is 42.1 Å². The third-order valence-electron chi connectivity index (χ3n) is 5.79. The second-order valence-electron chi connectivity index (χ2n) is 9.88. The average molecular weight is 496 g/mol. The average Bonchev–Trinajstić information content (AvgIpc) is 2.75. The molecule has 1 rings (SSSR count). The molecule has 0 aromatic carbocycles. The van der Waals surface area contributed by atoms with Gasteiger partial charge in [0, 0.05) is 18.7 Å². The maximum Gasteiger partial charge on any atom is 0.326 e. The van der Waals surface area contributed by atoms with E-state index in [0.29, 0.717) is 25.8 Å². The molecule has 0 unspecified atom stereocenters. The van der Waals surface area contributed by atoms with E-state index in [4.69, 9.17) is 0 Å². The molecule has 11 heteroatoms. The summed E-state index contributed by atoms with van der Waals surface area (Å²) in [4.78, 5) is 61.9. The van der Waals surface area contributed by atoms with Crippen LogP contribution in [0.15, 0.2) is 12.2 Å². The molecule has 1 heterocycles. The standard InChI is InChI=1S/C24H41N5O6/c1-13(2)16-10-11-18(30)25-12-8-7-9-17(21(31)26-16)27-22(32)19(14(3)4)28-24(35)29-20(15(5)6)23(33)34/h10-11,13-17,19-20H,7-9,12H2,1-6H3,(H,25,30)(H,26,31)(H,27,32)(H,33,34)(H2,28,29,35)/t16-,17+,19+,20+/m1/s1. The van der Waals surface area contributed by atoms with Crippen molar-refractivity contribution in [3.05, 3.63) is 12.2 Å². The van der Waals surface area contributed by atoms with Crippen LogP contribution in [0.2, 0.25) is 0 Å². The van der Waals surface area contributed by atoms with E-state index in [1.54, 1.807) is 33.8 Å². The van der Waals surface area contributed by atoms with Crippen molar-refractivity contribution in [1.29, 1.82) is 0 Å². The Morgan fingerprint density at radius 1 is 0.971 bits per heavy atom. The first-order valence-corrected chi connectivity index (χ1v) is 12.2. The van der Waals surface area contributed by atoms with Crippen molar-refractivity contribution in [2.75, 3.05) is 6.54 Å². The highest BCUT2D eigenvalue weighted by molar-refractivity contribution is 5.93. The molecule has 0 fully saturated rings. The normalized spacial score (nSPS) is 21.3.